The van der Waals surface area contributed by atoms with Gasteiger partial charge in [0.15, 0.2) is 0 Å². The summed E-state index contributed by atoms with van der Waals surface area (Å²) >= 11 is 0. The molecule has 144 valence electrons. The molecule has 0 nitrogen and oxygen atoms in total. The molecule has 2 aromatic carbocycles. The van der Waals surface area contributed by atoms with Crippen molar-refractivity contribution in [2.45, 2.75) is 84.5 Å². The molecule has 1 aliphatic rings. The number of allylic oxidation sites excluding steroid dienone is 1. The predicted octanol–water partition coefficient (Wildman–Crippen LogP) is 8.07. The van der Waals surface area contributed by atoms with Crippen LogP contribution in [0.15, 0.2) is 42.5 Å². The summed E-state index contributed by atoms with van der Waals surface area (Å²) in [6.45, 7) is 14.1. The molecule has 0 spiro atoms. The van der Waals surface area contributed by atoms with Gasteiger partial charge in [-0.05, 0) is 71.3 Å². The lowest BCUT2D eigenvalue weighted by atomic mass is 9.63. The summed E-state index contributed by atoms with van der Waals surface area (Å²) in [6, 6.07) is 16.2. The van der Waals surface area contributed by atoms with Gasteiger partial charge in [0.05, 0.1) is 0 Å². The molecular weight excluding hydrogens is 324 g/mol. The highest BCUT2D eigenvalue weighted by atomic mass is 14.4. The normalized spacial score (nSPS) is 18.2. The van der Waals surface area contributed by atoms with E-state index in [2.05, 4.69) is 90.1 Å². The number of rotatable bonds is 5. The first-order valence-corrected chi connectivity index (χ1v) is 10.7. The second-order valence-corrected chi connectivity index (χ2v) is 9.71. The molecule has 0 saturated carbocycles. The smallest absolute Gasteiger partial charge is 0.0100 e. The number of fused-ring (bicyclic) bond motifs is 1. The summed E-state index contributed by atoms with van der Waals surface area (Å²) < 4.78 is 0. The van der Waals surface area contributed by atoms with E-state index in [0.29, 0.717) is 0 Å². The zero-order valence-corrected chi connectivity index (χ0v) is 18.2. The van der Waals surface area contributed by atoms with Gasteiger partial charge in [-0.15, -0.1) is 0 Å². The number of hydrogen-bond donors (Lipinski definition) is 0. The summed E-state index contributed by atoms with van der Waals surface area (Å²) in [5.74, 6) is 0. The molecule has 2 aromatic rings. The lowest BCUT2D eigenvalue weighted by Crippen LogP contribution is -2.33. The second-order valence-electron chi connectivity index (χ2n) is 9.71. The molecule has 0 aromatic heterocycles. The maximum atomic E-state index is 2.51. The van der Waals surface area contributed by atoms with Gasteiger partial charge >= 0.3 is 0 Å². The van der Waals surface area contributed by atoms with Gasteiger partial charge in [-0.1, -0.05) is 95.1 Å². The Bertz CT molecular complexity index is 816. The highest BCUT2D eigenvalue weighted by Crippen LogP contribution is 2.46. The molecule has 3 rings (SSSR count). The van der Waals surface area contributed by atoms with Gasteiger partial charge in [0.2, 0.25) is 0 Å². The Hall–Kier alpha value is -1.82. The Balaban J connectivity index is 2.06. The van der Waals surface area contributed by atoms with Crippen LogP contribution in [0.3, 0.4) is 0 Å². The van der Waals surface area contributed by atoms with E-state index >= 15 is 0 Å². The van der Waals surface area contributed by atoms with Gasteiger partial charge in [-0.3, -0.25) is 0 Å². The predicted molar refractivity (Wildman–Crippen MR) is 120 cm³/mol. The van der Waals surface area contributed by atoms with Crippen LogP contribution < -0.4 is 0 Å². The van der Waals surface area contributed by atoms with Gasteiger partial charge in [-0.2, -0.15) is 0 Å². The lowest BCUT2D eigenvalue weighted by Gasteiger charge is -2.42. The van der Waals surface area contributed by atoms with Gasteiger partial charge in [-0.25, -0.2) is 0 Å². The fourth-order valence-corrected chi connectivity index (χ4v) is 4.32. The van der Waals surface area contributed by atoms with Crippen LogP contribution in [0, 0.1) is 6.92 Å². The van der Waals surface area contributed by atoms with Crippen molar-refractivity contribution in [1.82, 2.24) is 0 Å². The van der Waals surface area contributed by atoms with Crippen molar-refractivity contribution in [3.05, 3.63) is 70.3 Å². The van der Waals surface area contributed by atoms with Gasteiger partial charge in [0.1, 0.15) is 0 Å². The average Bonchev–Trinajstić information content (AvgIpc) is 2.64. The quantitative estimate of drug-likeness (QED) is 0.473. The van der Waals surface area contributed by atoms with Crippen LogP contribution in [0.5, 0.6) is 0 Å². The molecule has 0 saturated heterocycles. The van der Waals surface area contributed by atoms with E-state index in [9.17, 15) is 0 Å². The van der Waals surface area contributed by atoms with E-state index in [-0.39, 0.29) is 10.8 Å². The molecule has 0 heterocycles. The third kappa shape index (κ3) is 4.37. The van der Waals surface area contributed by atoms with E-state index < -0.39 is 0 Å². The van der Waals surface area contributed by atoms with Gasteiger partial charge in [0.25, 0.3) is 0 Å². The Morgan fingerprint density at radius 3 is 2.15 bits per heavy atom. The third-order valence-corrected chi connectivity index (χ3v) is 6.44. The van der Waals surface area contributed by atoms with Crippen LogP contribution in [-0.2, 0) is 10.8 Å². The van der Waals surface area contributed by atoms with Crippen molar-refractivity contribution in [1.29, 1.82) is 0 Å². The molecule has 0 heteroatoms. The minimum atomic E-state index is 0.264. The molecule has 0 atom stereocenters. The van der Waals surface area contributed by atoms with Crippen LogP contribution in [0.2, 0.25) is 0 Å². The van der Waals surface area contributed by atoms with Crippen LogP contribution in [0.25, 0.3) is 11.6 Å². The monoisotopic (exact) mass is 360 g/mol. The van der Waals surface area contributed by atoms with Crippen molar-refractivity contribution in [2.24, 2.45) is 0 Å². The summed E-state index contributed by atoms with van der Waals surface area (Å²) in [4.78, 5) is 0. The highest BCUT2D eigenvalue weighted by molar-refractivity contribution is 5.82. The van der Waals surface area contributed by atoms with Crippen LogP contribution >= 0.6 is 0 Å². The molecule has 0 N–H and O–H groups in total. The highest BCUT2D eigenvalue weighted by Gasteiger charge is 2.36. The molecule has 0 aliphatic heterocycles. The van der Waals surface area contributed by atoms with Gasteiger partial charge < -0.3 is 0 Å². The summed E-state index contributed by atoms with van der Waals surface area (Å²) in [5.41, 5.74) is 9.17. The Morgan fingerprint density at radius 2 is 1.52 bits per heavy atom. The van der Waals surface area contributed by atoms with E-state index in [1.807, 2.05) is 0 Å². The summed E-state index contributed by atoms with van der Waals surface area (Å²) in [7, 11) is 0. The van der Waals surface area contributed by atoms with E-state index in [0.717, 1.165) is 6.42 Å². The zero-order chi connectivity index (χ0) is 19.7. The molecule has 0 amide bonds. The molecule has 0 radical (unpaired) electrons. The van der Waals surface area contributed by atoms with Crippen molar-refractivity contribution < 1.29 is 0 Å². The number of hydrogen-bond acceptors (Lipinski definition) is 0. The largest absolute Gasteiger partial charge is 0.0654 e. The number of unbranched alkanes of at least 4 members (excludes halogenated alkanes) is 1. The summed E-state index contributed by atoms with van der Waals surface area (Å²) in [5, 5.41) is 0. The van der Waals surface area contributed by atoms with Crippen LogP contribution in [0.1, 0.15) is 94.5 Å². The van der Waals surface area contributed by atoms with Crippen molar-refractivity contribution in [3.8, 4) is 0 Å². The Labute approximate surface area is 166 Å². The van der Waals surface area contributed by atoms with E-state index in [1.165, 1.54) is 47.9 Å². The third-order valence-electron chi connectivity index (χ3n) is 6.44. The van der Waals surface area contributed by atoms with Gasteiger partial charge in [0, 0.05) is 0 Å². The van der Waals surface area contributed by atoms with Crippen molar-refractivity contribution >= 4 is 11.6 Å². The maximum Gasteiger partial charge on any atom is -0.0100 e. The first-order valence-electron chi connectivity index (χ1n) is 10.7. The number of benzene rings is 2. The Kier molecular flexibility index (Phi) is 5.65. The summed E-state index contributed by atoms with van der Waals surface area (Å²) in [6.07, 6.45) is 8.56. The minimum Gasteiger partial charge on any atom is -0.0654 e. The standard InChI is InChI=1S/C27H36/c1-7-8-9-22(18-21-12-10-20(2)11-13-21)23-14-15-24-25(19-23)27(5,6)17-16-26(24,3)4/h10-15,18-19H,7-9,16-17H2,1-6H3/b22-18+. The molecule has 0 unspecified atom stereocenters. The lowest BCUT2D eigenvalue weighted by molar-refractivity contribution is 0.332. The number of aryl methyl sites for hydroxylation is 1. The fourth-order valence-electron chi connectivity index (χ4n) is 4.32. The molecular formula is C27H36. The molecule has 1 aliphatic carbocycles. The van der Waals surface area contributed by atoms with Crippen molar-refractivity contribution in [2.75, 3.05) is 0 Å². The minimum absolute atomic E-state index is 0.264. The van der Waals surface area contributed by atoms with E-state index in [4.69, 9.17) is 0 Å². The first kappa shape index (κ1) is 19.9. The average molecular weight is 361 g/mol. The topological polar surface area (TPSA) is 0 Å². The zero-order valence-electron chi connectivity index (χ0n) is 18.2. The Morgan fingerprint density at radius 1 is 0.889 bits per heavy atom. The molecule has 27 heavy (non-hydrogen) atoms. The van der Waals surface area contributed by atoms with Crippen LogP contribution in [-0.4, -0.2) is 0 Å². The fraction of sp³-hybridized carbons (Fsp3) is 0.481. The second kappa shape index (κ2) is 7.66. The van der Waals surface area contributed by atoms with Crippen LogP contribution in [0.4, 0.5) is 0 Å². The van der Waals surface area contributed by atoms with E-state index in [1.54, 1.807) is 11.1 Å². The first-order chi connectivity index (χ1) is 12.7. The van der Waals surface area contributed by atoms with Crippen molar-refractivity contribution in [3.63, 3.8) is 0 Å². The molecule has 0 bridgehead atoms. The molecule has 0 fully saturated rings. The maximum absolute atomic E-state index is 2.51. The SMILES string of the molecule is CCCC/C(=C\c1ccc(C)cc1)c1ccc2c(c1)C(C)(C)CCC2(C)C.